The van der Waals surface area contributed by atoms with E-state index in [0.29, 0.717) is 0 Å². The molecule has 5 atom stereocenters. The highest BCUT2D eigenvalue weighted by atomic mass is 31.2. The fourth-order valence-corrected chi connectivity index (χ4v) is 3.56. The number of aliphatic hydroxyl groups is 2. The van der Waals surface area contributed by atoms with Crippen molar-refractivity contribution in [1.82, 2.24) is 14.6 Å². The van der Waals surface area contributed by atoms with Gasteiger partial charge in [0, 0.05) is 12.7 Å². The third-order valence-corrected chi connectivity index (χ3v) is 5.36. The van der Waals surface area contributed by atoms with Crippen LogP contribution in [0.2, 0.25) is 0 Å². The molecule has 0 saturated carbocycles. The molecule has 176 valence electrons. The molecule has 0 bridgehead atoms. The first-order chi connectivity index (χ1) is 14.3. The molecule has 31 heavy (non-hydrogen) atoms. The van der Waals surface area contributed by atoms with Crippen LogP contribution in [0.25, 0.3) is 0 Å². The molecule has 2 unspecified atom stereocenters. The maximum atomic E-state index is 12.1. The number of aromatic nitrogens is 2. The number of anilines is 1. The number of carbonyl (C=O) groups excluding carboxylic acids is 1. The van der Waals surface area contributed by atoms with E-state index in [1.54, 1.807) is 13.8 Å². The van der Waals surface area contributed by atoms with Gasteiger partial charge in [-0.3, -0.25) is 9.09 Å². The van der Waals surface area contributed by atoms with E-state index in [-0.39, 0.29) is 25.1 Å². The van der Waals surface area contributed by atoms with Crippen molar-refractivity contribution in [2.24, 2.45) is 0 Å². The Bertz CT molecular complexity index is 876. The van der Waals surface area contributed by atoms with Crippen LogP contribution in [0, 0.1) is 0 Å². The topological polar surface area (TPSA) is 205 Å². The van der Waals surface area contributed by atoms with Crippen molar-refractivity contribution in [3.8, 4) is 0 Å². The van der Waals surface area contributed by atoms with Crippen LogP contribution in [0.3, 0.4) is 0 Å². The first kappa shape index (κ1) is 25.2. The van der Waals surface area contributed by atoms with Gasteiger partial charge in [0.2, 0.25) is 0 Å². The van der Waals surface area contributed by atoms with Gasteiger partial charge in [-0.1, -0.05) is 0 Å². The summed E-state index contributed by atoms with van der Waals surface area (Å²) in [6, 6.07) is 1.31. The van der Waals surface area contributed by atoms with E-state index >= 15 is 0 Å². The van der Waals surface area contributed by atoms with Crippen LogP contribution in [0.15, 0.2) is 17.1 Å². The van der Waals surface area contributed by atoms with Gasteiger partial charge in [0.1, 0.15) is 30.2 Å². The largest absolute Gasteiger partial charge is 0.508 e. The minimum absolute atomic E-state index is 0.0342. The predicted octanol–water partition coefficient (Wildman–Crippen LogP) is -0.897. The third kappa shape index (κ3) is 6.71. The number of hydrogen-bond acceptors (Lipinski definition) is 11. The smallest absolute Gasteiger partial charge is 0.433 e. The lowest BCUT2D eigenvalue weighted by Crippen LogP contribution is -2.46. The molecule has 2 heterocycles. The lowest BCUT2D eigenvalue weighted by molar-refractivity contribution is -0.0984. The van der Waals surface area contributed by atoms with Gasteiger partial charge in [-0.05, 0) is 26.8 Å². The van der Waals surface area contributed by atoms with E-state index in [9.17, 15) is 29.3 Å². The van der Waals surface area contributed by atoms with Crippen LogP contribution in [0.1, 0.15) is 27.0 Å². The van der Waals surface area contributed by atoms with Crippen LogP contribution < -0.4 is 16.5 Å². The Hall–Kier alpha value is -2.06. The number of nitrogens with zero attached hydrogens (tertiary/aromatic N) is 2. The molecule has 2 rings (SSSR count). The standard InChI is InChI=1S/C16H27N4O10P/c1-9(2)29-15(23)27-7-5-18-31(25,26)28-8-10-12(21)16(3,24)13(30-10)20-6-4-11(17)19-14(20)22/h4,6,9-10,12-13,21,24H,5,7-8H2,1-3H3,(H2,17,19,22)(H2,18,25,26)/t10-,12+,13?,16+/m0/s1. The minimum atomic E-state index is -4.36. The third-order valence-electron chi connectivity index (χ3n) is 4.24. The Morgan fingerprint density at radius 2 is 2.19 bits per heavy atom. The molecule has 0 radical (unpaired) electrons. The van der Waals surface area contributed by atoms with Crippen molar-refractivity contribution in [2.75, 3.05) is 25.5 Å². The van der Waals surface area contributed by atoms with Gasteiger partial charge >= 0.3 is 19.6 Å². The van der Waals surface area contributed by atoms with Crippen LogP contribution >= 0.6 is 7.75 Å². The molecule has 1 aromatic heterocycles. The summed E-state index contributed by atoms with van der Waals surface area (Å²) in [5, 5.41) is 23.1. The van der Waals surface area contributed by atoms with Gasteiger partial charge in [0.15, 0.2) is 6.23 Å². The number of nitrogen functional groups attached to an aromatic ring is 1. The summed E-state index contributed by atoms with van der Waals surface area (Å²) in [6.45, 7) is 3.43. The van der Waals surface area contributed by atoms with Crippen molar-refractivity contribution in [2.45, 2.75) is 50.9 Å². The zero-order valence-electron chi connectivity index (χ0n) is 17.2. The molecule has 0 spiro atoms. The van der Waals surface area contributed by atoms with E-state index in [0.717, 1.165) is 4.57 Å². The second-order valence-corrected chi connectivity index (χ2v) is 8.84. The first-order valence-corrected chi connectivity index (χ1v) is 10.9. The van der Waals surface area contributed by atoms with Crippen molar-refractivity contribution >= 4 is 19.7 Å². The molecule has 1 saturated heterocycles. The maximum Gasteiger partial charge on any atom is 0.508 e. The molecule has 0 amide bonds. The predicted molar refractivity (Wildman–Crippen MR) is 105 cm³/mol. The highest BCUT2D eigenvalue weighted by molar-refractivity contribution is 7.50. The van der Waals surface area contributed by atoms with Gasteiger partial charge < -0.3 is 35.1 Å². The molecular weight excluding hydrogens is 439 g/mol. The van der Waals surface area contributed by atoms with Crippen molar-refractivity contribution in [1.29, 1.82) is 0 Å². The summed E-state index contributed by atoms with van der Waals surface area (Å²) in [5.74, 6) is -0.0342. The van der Waals surface area contributed by atoms with E-state index in [1.807, 2.05) is 0 Å². The summed E-state index contributed by atoms with van der Waals surface area (Å²) in [7, 11) is -4.36. The van der Waals surface area contributed by atoms with Crippen LogP contribution in [-0.2, 0) is 23.3 Å². The highest BCUT2D eigenvalue weighted by Crippen LogP contribution is 2.41. The van der Waals surface area contributed by atoms with Crippen molar-refractivity contribution in [3.05, 3.63) is 22.7 Å². The number of nitrogens with one attached hydrogen (secondary N) is 1. The zero-order chi connectivity index (χ0) is 23.4. The molecule has 15 heteroatoms. The molecule has 1 aliphatic heterocycles. The molecular formula is C16H27N4O10P. The molecule has 14 nitrogen and oxygen atoms in total. The monoisotopic (exact) mass is 466 g/mol. The maximum absolute atomic E-state index is 12.1. The normalized spacial score (nSPS) is 27.8. The Morgan fingerprint density at radius 1 is 1.52 bits per heavy atom. The average Bonchev–Trinajstić information content (AvgIpc) is 2.87. The number of nitrogens with two attached hydrogens (primary N) is 1. The van der Waals surface area contributed by atoms with Crippen molar-refractivity contribution < 1.29 is 43.2 Å². The van der Waals surface area contributed by atoms with E-state index in [1.165, 1.54) is 19.2 Å². The number of hydrogen-bond donors (Lipinski definition) is 5. The van der Waals surface area contributed by atoms with Gasteiger partial charge in [0.05, 0.1) is 12.7 Å². The Kier molecular flexibility index (Phi) is 8.16. The highest BCUT2D eigenvalue weighted by Gasteiger charge is 2.53. The SMILES string of the molecule is CC(C)OC(=O)OCCNP(=O)(O)OC[C@@H]1OC(n2ccc(N)nc2=O)[C@](C)(O)[C@@H]1O. The summed E-state index contributed by atoms with van der Waals surface area (Å²) in [5.41, 5.74) is 2.68. The average molecular weight is 466 g/mol. The Morgan fingerprint density at radius 3 is 2.81 bits per heavy atom. The lowest BCUT2D eigenvalue weighted by atomic mass is 9.96. The molecule has 0 aromatic carbocycles. The summed E-state index contributed by atoms with van der Waals surface area (Å²) >= 11 is 0. The molecule has 0 aliphatic carbocycles. The summed E-state index contributed by atoms with van der Waals surface area (Å²) < 4.78 is 32.8. The summed E-state index contributed by atoms with van der Waals surface area (Å²) in [6.07, 6.45) is -4.20. The van der Waals surface area contributed by atoms with E-state index < -0.39 is 50.2 Å². The lowest BCUT2D eigenvalue weighted by Gasteiger charge is -2.27. The molecule has 1 aliphatic rings. The number of ether oxygens (including phenoxy) is 3. The fourth-order valence-electron chi connectivity index (χ4n) is 2.75. The number of carbonyl (C=O) groups is 1. The summed E-state index contributed by atoms with van der Waals surface area (Å²) in [4.78, 5) is 36.6. The second-order valence-electron chi connectivity index (χ2n) is 7.23. The Labute approximate surface area is 177 Å². The van der Waals surface area contributed by atoms with Crippen LogP contribution in [-0.4, -0.2) is 74.5 Å². The number of rotatable bonds is 9. The fraction of sp³-hybridized carbons (Fsp3) is 0.688. The molecule has 6 N–H and O–H groups in total. The number of aliphatic hydroxyl groups excluding tert-OH is 1. The molecule has 1 aromatic rings. The minimum Gasteiger partial charge on any atom is -0.433 e. The first-order valence-electron chi connectivity index (χ1n) is 9.30. The van der Waals surface area contributed by atoms with Crippen molar-refractivity contribution in [3.63, 3.8) is 0 Å². The van der Waals surface area contributed by atoms with Gasteiger partial charge in [-0.15, -0.1) is 0 Å². The van der Waals surface area contributed by atoms with Crippen LogP contribution in [0.4, 0.5) is 10.6 Å². The second kappa shape index (κ2) is 10.0. The van der Waals surface area contributed by atoms with Gasteiger partial charge in [-0.25, -0.2) is 19.2 Å². The molecule has 1 fully saturated rings. The van der Waals surface area contributed by atoms with E-state index in [2.05, 4.69) is 10.1 Å². The van der Waals surface area contributed by atoms with Crippen LogP contribution in [0.5, 0.6) is 0 Å². The quantitative estimate of drug-likeness (QED) is 0.170. The Balaban J connectivity index is 1.90. The van der Waals surface area contributed by atoms with Gasteiger partial charge in [-0.2, -0.15) is 4.98 Å². The van der Waals surface area contributed by atoms with E-state index in [4.69, 9.17) is 24.5 Å². The van der Waals surface area contributed by atoms with Gasteiger partial charge in [0.25, 0.3) is 0 Å². The zero-order valence-corrected chi connectivity index (χ0v) is 18.1.